The summed E-state index contributed by atoms with van der Waals surface area (Å²) >= 11 is 0. The molecule has 8 heteroatoms. The highest BCUT2D eigenvalue weighted by Gasteiger charge is 2.30. The van der Waals surface area contributed by atoms with E-state index in [1.165, 1.54) is 12.8 Å². The second-order valence-electron chi connectivity index (χ2n) is 7.76. The third kappa shape index (κ3) is 3.18. The van der Waals surface area contributed by atoms with Gasteiger partial charge >= 0.3 is 0 Å². The third-order valence-electron chi connectivity index (χ3n) is 5.69. The van der Waals surface area contributed by atoms with Gasteiger partial charge in [-0.3, -0.25) is 5.10 Å². The number of anilines is 2. The van der Waals surface area contributed by atoms with Gasteiger partial charge in [0.25, 0.3) is 0 Å². The Hall–Kier alpha value is -2.48. The zero-order valence-electron chi connectivity index (χ0n) is 15.8. The Labute approximate surface area is 157 Å². The number of hydrogen-bond donors (Lipinski definition) is 2. The monoisotopic (exact) mass is 367 g/mol. The number of aromatic amines is 1. The first-order valence-corrected chi connectivity index (χ1v) is 9.78. The summed E-state index contributed by atoms with van der Waals surface area (Å²) in [7, 11) is 1.80. The SMILES string of the molecule is CO[C@H]1CC[C@@H](c2nc(Nc3cc(C)[nH]n3)c3cnn(C4CC4)c3n2)CC1. The van der Waals surface area contributed by atoms with Crippen molar-refractivity contribution < 1.29 is 4.74 Å². The first-order chi connectivity index (χ1) is 13.2. The zero-order chi connectivity index (χ0) is 18.4. The maximum Gasteiger partial charge on any atom is 0.163 e. The number of hydrogen-bond acceptors (Lipinski definition) is 6. The summed E-state index contributed by atoms with van der Waals surface area (Å²) in [6.07, 6.45) is 8.84. The molecule has 5 rings (SSSR count). The van der Waals surface area contributed by atoms with E-state index in [2.05, 4.69) is 25.3 Å². The van der Waals surface area contributed by atoms with Crippen molar-refractivity contribution in [1.82, 2.24) is 29.9 Å². The van der Waals surface area contributed by atoms with Crippen LogP contribution < -0.4 is 5.32 Å². The van der Waals surface area contributed by atoms with Gasteiger partial charge in [0.1, 0.15) is 11.6 Å². The maximum absolute atomic E-state index is 5.52. The lowest BCUT2D eigenvalue weighted by molar-refractivity contribution is 0.0651. The molecule has 0 unspecified atom stereocenters. The van der Waals surface area contributed by atoms with Crippen molar-refractivity contribution >= 4 is 22.7 Å². The topological polar surface area (TPSA) is 93.5 Å². The van der Waals surface area contributed by atoms with E-state index < -0.39 is 0 Å². The van der Waals surface area contributed by atoms with Crippen LogP contribution in [0.2, 0.25) is 0 Å². The molecular weight excluding hydrogens is 342 g/mol. The molecule has 0 spiro atoms. The molecule has 2 N–H and O–H groups in total. The van der Waals surface area contributed by atoms with Crippen molar-refractivity contribution in [2.45, 2.75) is 63.5 Å². The normalized spacial score (nSPS) is 23.0. The molecular formula is C19H25N7O. The summed E-state index contributed by atoms with van der Waals surface area (Å²) in [6, 6.07) is 2.46. The van der Waals surface area contributed by atoms with Gasteiger partial charge in [0.05, 0.1) is 23.7 Å². The number of aryl methyl sites for hydroxylation is 1. The second-order valence-corrected chi connectivity index (χ2v) is 7.76. The number of methoxy groups -OCH3 is 1. The highest BCUT2D eigenvalue weighted by atomic mass is 16.5. The van der Waals surface area contributed by atoms with E-state index >= 15 is 0 Å². The van der Waals surface area contributed by atoms with Gasteiger partial charge in [0.15, 0.2) is 11.5 Å². The minimum Gasteiger partial charge on any atom is -0.381 e. The minimum absolute atomic E-state index is 0.366. The van der Waals surface area contributed by atoms with Crippen LogP contribution in [-0.4, -0.2) is 43.2 Å². The van der Waals surface area contributed by atoms with Crippen molar-refractivity contribution in [3.05, 3.63) is 23.8 Å². The first-order valence-electron chi connectivity index (χ1n) is 9.78. The standard InChI is InChI=1S/C19H25N7O/c1-11-9-16(25-24-11)21-18-15-10-20-26(13-5-6-13)19(15)23-17(22-18)12-3-7-14(27-2)8-4-12/h9-10,12-14H,3-8H2,1-2H3,(H2,21,22,23,24,25)/t12-,14+. The van der Waals surface area contributed by atoms with Gasteiger partial charge in [-0.1, -0.05) is 0 Å². The molecule has 3 aromatic heterocycles. The van der Waals surface area contributed by atoms with Crippen LogP contribution in [-0.2, 0) is 4.74 Å². The first kappa shape index (κ1) is 16.7. The van der Waals surface area contributed by atoms with Crippen molar-refractivity contribution in [2.75, 3.05) is 12.4 Å². The summed E-state index contributed by atoms with van der Waals surface area (Å²) in [6.45, 7) is 1.98. The lowest BCUT2D eigenvalue weighted by Crippen LogP contribution is -2.21. The summed E-state index contributed by atoms with van der Waals surface area (Å²) < 4.78 is 7.59. The molecule has 2 fully saturated rings. The Balaban J connectivity index is 1.53. The van der Waals surface area contributed by atoms with Gasteiger partial charge in [-0.15, -0.1) is 0 Å². The van der Waals surface area contributed by atoms with Crippen molar-refractivity contribution in [3.8, 4) is 0 Å². The van der Waals surface area contributed by atoms with Gasteiger partial charge < -0.3 is 10.1 Å². The quantitative estimate of drug-likeness (QED) is 0.715. The fourth-order valence-corrected chi connectivity index (χ4v) is 3.97. The Morgan fingerprint density at radius 3 is 2.63 bits per heavy atom. The predicted molar refractivity (Wildman–Crippen MR) is 102 cm³/mol. The van der Waals surface area contributed by atoms with Crippen LogP contribution in [0.4, 0.5) is 11.6 Å². The average Bonchev–Trinajstić information content (AvgIpc) is 3.31. The number of nitrogens with one attached hydrogen (secondary N) is 2. The number of ether oxygens (including phenoxy) is 1. The zero-order valence-corrected chi connectivity index (χ0v) is 15.8. The number of H-pyrrole nitrogens is 1. The van der Waals surface area contributed by atoms with Gasteiger partial charge in [0, 0.05) is 24.8 Å². The Morgan fingerprint density at radius 2 is 1.96 bits per heavy atom. The van der Waals surface area contributed by atoms with Crippen LogP contribution in [0.15, 0.2) is 12.3 Å². The van der Waals surface area contributed by atoms with Crippen LogP contribution >= 0.6 is 0 Å². The van der Waals surface area contributed by atoms with Gasteiger partial charge in [-0.05, 0) is 45.4 Å². The van der Waals surface area contributed by atoms with E-state index in [-0.39, 0.29) is 0 Å². The molecule has 142 valence electrons. The Morgan fingerprint density at radius 1 is 1.15 bits per heavy atom. The fraction of sp³-hybridized carbons (Fsp3) is 0.579. The summed E-state index contributed by atoms with van der Waals surface area (Å²) in [5, 5.41) is 16.2. The van der Waals surface area contributed by atoms with Crippen LogP contribution in [0.1, 0.15) is 62.0 Å². The molecule has 0 radical (unpaired) electrons. The van der Waals surface area contributed by atoms with Crippen LogP contribution in [0.25, 0.3) is 11.0 Å². The highest BCUT2D eigenvalue weighted by Crippen LogP contribution is 2.39. The molecule has 0 saturated heterocycles. The van der Waals surface area contributed by atoms with Crippen molar-refractivity contribution in [3.63, 3.8) is 0 Å². The number of fused-ring (bicyclic) bond motifs is 1. The maximum atomic E-state index is 5.52. The summed E-state index contributed by atoms with van der Waals surface area (Å²) in [4.78, 5) is 9.86. The van der Waals surface area contributed by atoms with E-state index in [4.69, 9.17) is 14.7 Å². The van der Waals surface area contributed by atoms with E-state index in [0.29, 0.717) is 18.1 Å². The summed E-state index contributed by atoms with van der Waals surface area (Å²) in [5.74, 6) is 2.84. The van der Waals surface area contributed by atoms with E-state index in [0.717, 1.165) is 59.9 Å². The Bertz CT molecular complexity index is 950. The minimum atomic E-state index is 0.366. The molecule has 2 saturated carbocycles. The van der Waals surface area contributed by atoms with Crippen LogP contribution in [0.3, 0.4) is 0 Å². The summed E-state index contributed by atoms with van der Waals surface area (Å²) in [5.41, 5.74) is 1.95. The molecule has 0 atom stereocenters. The predicted octanol–water partition coefficient (Wildman–Crippen LogP) is 3.61. The number of nitrogens with zero attached hydrogens (tertiary/aromatic N) is 5. The van der Waals surface area contributed by atoms with Crippen LogP contribution in [0.5, 0.6) is 0 Å². The highest BCUT2D eigenvalue weighted by molar-refractivity contribution is 5.88. The smallest absolute Gasteiger partial charge is 0.163 e. The van der Waals surface area contributed by atoms with Gasteiger partial charge in [-0.25, -0.2) is 14.6 Å². The van der Waals surface area contributed by atoms with E-state index in [1.54, 1.807) is 7.11 Å². The van der Waals surface area contributed by atoms with Gasteiger partial charge in [0.2, 0.25) is 0 Å². The largest absolute Gasteiger partial charge is 0.381 e. The van der Waals surface area contributed by atoms with E-state index in [1.807, 2.05) is 19.2 Å². The van der Waals surface area contributed by atoms with Gasteiger partial charge in [-0.2, -0.15) is 10.2 Å². The fourth-order valence-electron chi connectivity index (χ4n) is 3.97. The molecule has 2 aliphatic carbocycles. The molecule has 27 heavy (non-hydrogen) atoms. The van der Waals surface area contributed by atoms with Crippen molar-refractivity contribution in [2.24, 2.45) is 0 Å². The molecule has 8 nitrogen and oxygen atoms in total. The number of rotatable bonds is 5. The molecule has 0 amide bonds. The third-order valence-corrected chi connectivity index (χ3v) is 5.69. The molecule has 3 aromatic rings. The Kier molecular flexibility index (Phi) is 4.07. The molecule has 0 bridgehead atoms. The number of aromatic nitrogens is 6. The van der Waals surface area contributed by atoms with Crippen molar-refractivity contribution in [1.29, 1.82) is 0 Å². The molecule has 0 aromatic carbocycles. The lowest BCUT2D eigenvalue weighted by atomic mass is 9.87. The van der Waals surface area contributed by atoms with E-state index in [9.17, 15) is 0 Å². The molecule has 2 aliphatic rings. The second kappa shape index (κ2) is 6.60. The van der Waals surface area contributed by atoms with Crippen LogP contribution in [0, 0.1) is 6.92 Å². The lowest BCUT2D eigenvalue weighted by Gasteiger charge is -2.26. The average molecular weight is 367 g/mol. The molecule has 0 aliphatic heterocycles. The molecule has 3 heterocycles.